The zero-order valence-corrected chi connectivity index (χ0v) is 28.7. The molecule has 3 rings (SSSR count). The van der Waals surface area contributed by atoms with E-state index in [-0.39, 0.29) is 24.3 Å². The summed E-state index contributed by atoms with van der Waals surface area (Å²) < 4.78 is 5.59. The maximum atomic E-state index is 15.0. The van der Waals surface area contributed by atoms with Gasteiger partial charge in [0, 0.05) is 18.2 Å². The molecule has 3 aromatic rings. The van der Waals surface area contributed by atoms with Crippen LogP contribution in [0.2, 0.25) is 0 Å². The SMILES string of the molecule is C=Cc1cccc(C(C(=O)Nc2c(C)cccc2C)N(C(=O)C(Cc2ccccc2)NC(=O)OC(C)(C)C)C(C)CCC(C)C)c1. The molecule has 3 atom stereocenters. The molecule has 0 fully saturated rings. The molecule has 0 aliphatic carbocycles. The van der Waals surface area contributed by atoms with Gasteiger partial charge in [-0.3, -0.25) is 9.59 Å². The number of nitrogens with zero attached hydrogens (tertiary/aromatic N) is 1. The highest BCUT2D eigenvalue weighted by Gasteiger charge is 2.39. The van der Waals surface area contributed by atoms with Crippen molar-refractivity contribution in [3.8, 4) is 0 Å². The molecule has 0 saturated carbocycles. The summed E-state index contributed by atoms with van der Waals surface area (Å²) in [5.74, 6) is -0.305. The summed E-state index contributed by atoms with van der Waals surface area (Å²) in [6.45, 7) is 19.4. The van der Waals surface area contributed by atoms with Crippen LogP contribution >= 0.6 is 0 Å². The van der Waals surface area contributed by atoms with Gasteiger partial charge in [-0.05, 0) is 94.2 Å². The molecule has 0 spiro atoms. The summed E-state index contributed by atoms with van der Waals surface area (Å²) in [6.07, 6.45) is 2.78. The van der Waals surface area contributed by atoms with Gasteiger partial charge in [-0.2, -0.15) is 0 Å². The lowest BCUT2D eigenvalue weighted by Gasteiger charge is -2.39. The van der Waals surface area contributed by atoms with Crippen LogP contribution < -0.4 is 10.6 Å². The van der Waals surface area contributed by atoms with E-state index < -0.39 is 23.8 Å². The number of carbonyl (C=O) groups is 3. The van der Waals surface area contributed by atoms with Gasteiger partial charge in [0.25, 0.3) is 5.91 Å². The molecule has 3 aromatic carbocycles. The maximum Gasteiger partial charge on any atom is 0.408 e. The Labute approximate surface area is 275 Å². The zero-order chi connectivity index (χ0) is 34.0. The van der Waals surface area contributed by atoms with Gasteiger partial charge in [0.05, 0.1) is 0 Å². The molecule has 7 heteroatoms. The molecule has 46 heavy (non-hydrogen) atoms. The molecular formula is C39H51N3O4. The van der Waals surface area contributed by atoms with Crippen molar-refractivity contribution in [1.82, 2.24) is 10.2 Å². The van der Waals surface area contributed by atoms with E-state index in [1.807, 2.05) is 93.6 Å². The van der Waals surface area contributed by atoms with Crippen LogP contribution in [0, 0.1) is 19.8 Å². The van der Waals surface area contributed by atoms with Crippen LogP contribution in [0.3, 0.4) is 0 Å². The number of hydrogen-bond acceptors (Lipinski definition) is 4. The first kappa shape index (κ1) is 36.1. The Hall–Kier alpha value is -4.39. The average Bonchev–Trinajstić information content (AvgIpc) is 2.99. The fourth-order valence-electron chi connectivity index (χ4n) is 5.49. The number of amides is 3. The van der Waals surface area contributed by atoms with E-state index in [2.05, 4.69) is 31.1 Å². The number of benzene rings is 3. The summed E-state index contributed by atoms with van der Waals surface area (Å²) in [7, 11) is 0. The van der Waals surface area contributed by atoms with E-state index in [4.69, 9.17) is 4.74 Å². The Morgan fingerprint density at radius 1 is 0.891 bits per heavy atom. The van der Waals surface area contributed by atoms with Crippen LogP contribution in [0.5, 0.6) is 0 Å². The first-order valence-corrected chi connectivity index (χ1v) is 16.1. The van der Waals surface area contributed by atoms with Crippen LogP contribution in [0.1, 0.15) is 88.2 Å². The fourth-order valence-corrected chi connectivity index (χ4v) is 5.49. The molecule has 0 aliphatic heterocycles. The summed E-state index contributed by atoms with van der Waals surface area (Å²) >= 11 is 0. The first-order valence-electron chi connectivity index (χ1n) is 16.1. The Morgan fingerprint density at radius 2 is 1.52 bits per heavy atom. The topological polar surface area (TPSA) is 87.7 Å². The fraction of sp³-hybridized carbons (Fsp3) is 0.410. The predicted molar refractivity (Wildman–Crippen MR) is 188 cm³/mol. The van der Waals surface area contributed by atoms with Gasteiger partial charge in [0.15, 0.2) is 0 Å². The number of anilines is 1. The lowest BCUT2D eigenvalue weighted by molar-refractivity contribution is -0.143. The van der Waals surface area contributed by atoms with Gasteiger partial charge >= 0.3 is 6.09 Å². The highest BCUT2D eigenvalue weighted by atomic mass is 16.6. The Balaban J connectivity index is 2.19. The van der Waals surface area contributed by atoms with E-state index >= 15 is 0 Å². The predicted octanol–water partition coefficient (Wildman–Crippen LogP) is 8.42. The molecule has 246 valence electrons. The standard InChI is InChI=1S/C39H51N3O4/c1-10-30-20-15-21-32(24-30)35(36(43)41-34-27(4)16-14-17-28(34)5)42(29(6)23-22-26(2)3)37(44)33(25-31-18-12-11-13-19-31)40-38(45)46-39(7,8)9/h10-21,24,26,29,33,35H,1,22-23,25H2,2-9H3,(H,40,45)(H,41,43). The molecule has 2 N–H and O–H groups in total. The molecule has 0 saturated heterocycles. The number of alkyl carbamates (subject to hydrolysis) is 1. The molecular weight excluding hydrogens is 574 g/mol. The summed E-state index contributed by atoms with van der Waals surface area (Å²) in [5, 5.41) is 6.02. The van der Waals surface area contributed by atoms with Crippen LogP contribution in [0.25, 0.3) is 6.08 Å². The summed E-state index contributed by atoms with van der Waals surface area (Å²) in [6, 6.07) is 20.6. The number of para-hydroxylation sites is 1. The molecule has 3 unspecified atom stereocenters. The minimum atomic E-state index is -0.993. The molecule has 0 aliphatic rings. The number of ether oxygens (including phenoxy) is 1. The third kappa shape index (κ3) is 10.3. The Morgan fingerprint density at radius 3 is 2.11 bits per heavy atom. The number of hydrogen-bond donors (Lipinski definition) is 2. The van der Waals surface area contributed by atoms with E-state index in [0.717, 1.165) is 28.7 Å². The monoisotopic (exact) mass is 625 g/mol. The molecule has 0 heterocycles. The van der Waals surface area contributed by atoms with E-state index in [1.165, 1.54) is 0 Å². The van der Waals surface area contributed by atoms with Gasteiger partial charge < -0.3 is 20.3 Å². The minimum Gasteiger partial charge on any atom is -0.444 e. The van der Waals surface area contributed by atoms with E-state index in [0.29, 0.717) is 23.6 Å². The second-order valence-corrected chi connectivity index (χ2v) is 13.5. The molecule has 0 aromatic heterocycles. The normalized spacial score (nSPS) is 13.3. The smallest absolute Gasteiger partial charge is 0.408 e. The highest BCUT2D eigenvalue weighted by molar-refractivity contribution is 6.00. The van der Waals surface area contributed by atoms with Crippen molar-refractivity contribution >= 4 is 29.7 Å². The van der Waals surface area contributed by atoms with Gasteiger partial charge in [-0.1, -0.05) is 93.2 Å². The van der Waals surface area contributed by atoms with Gasteiger partial charge in [-0.25, -0.2) is 4.79 Å². The quantitative estimate of drug-likeness (QED) is 0.200. The van der Waals surface area contributed by atoms with Crippen LogP contribution in [-0.4, -0.2) is 40.5 Å². The summed E-state index contributed by atoms with van der Waals surface area (Å²) in [5.41, 5.74) is 4.16. The maximum absolute atomic E-state index is 15.0. The second-order valence-electron chi connectivity index (χ2n) is 13.5. The van der Waals surface area contributed by atoms with E-state index in [1.54, 1.807) is 31.7 Å². The highest BCUT2D eigenvalue weighted by Crippen LogP contribution is 2.31. The van der Waals surface area contributed by atoms with Crippen molar-refractivity contribution in [1.29, 1.82) is 0 Å². The van der Waals surface area contributed by atoms with Gasteiger partial charge in [0.2, 0.25) is 5.91 Å². The summed E-state index contributed by atoms with van der Waals surface area (Å²) in [4.78, 5) is 44.3. The third-order valence-corrected chi connectivity index (χ3v) is 7.88. The molecule has 7 nitrogen and oxygen atoms in total. The average molecular weight is 626 g/mol. The Kier molecular flexibility index (Phi) is 12.7. The third-order valence-electron chi connectivity index (χ3n) is 7.88. The Bertz CT molecular complexity index is 1470. The van der Waals surface area contributed by atoms with Crippen LogP contribution in [0.15, 0.2) is 79.4 Å². The van der Waals surface area contributed by atoms with Crippen molar-refractivity contribution < 1.29 is 19.1 Å². The lowest BCUT2D eigenvalue weighted by atomic mass is 9.95. The second kappa shape index (κ2) is 16.3. The number of aryl methyl sites for hydroxylation is 2. The van der Waals surface area contributed by atoms with Gasteiger partial charge in [0.1, 0.15) is 17.7 Å². The number of carbonyl (C=O) groups excluding carboxylic acids is 3. The largest absolute Gasteiger partial charge is 0.444 e. The molecule has 3 amide bonds. The zero-order valence-electron chi connectivity index (χ0n) is 28.7. The van der Waals surface area contributed by atoms with Crippen molar-refractivity contribution in [2.75, 3.05) is 5.32 Å². The molecule has 0 bridgehead atoms. The minimum absolute atomic E-state index is 0.226. The van der Waals surface area contributed by atoms with E-state index in [9.17, 15) is 14.4 Å². The van der Waals surface area contributed by atoms with Crippen molar-refractivity contribution in [3.63, 3.8) is 0 Å². The van der Waals surface area contributed by atoms with Crippen molar-refractivity contribution in [2.24, 2.45) is 5.92 Å². The number of rotatable bonds is 13. The molecule has 0 radical (unpaired) electrons. The first-order chi connectivity index (χ1) is 21.7. The van der Waals surface area contributed by atoms with Crippen LogP contribution in [0.4, 0.5) is 10.5 Å². The van der Waals surface area contributed by atoms with Crippen molar-refractivity contribution in [2.45, 2.75) is 98.4 Å². The van der Waals surface area contributed by atoms with Crippen LogP contribution in [-0.2, 0) is 20.7 Å². The van der Waals surface area contributed by atoms with Crippen molar-refractivity contribution in [3.05, 3.63) is 107 Å². The lowest BCUT2D eigenvalue weighted by Crippen LogP contribution is -2.55. The van der Waals surface area contributed by atoms with Gasteiger partial charge in [-0.15, -0.1) is 0 Å². The number of nitrogens with one attached hydrogen (secondary N) is 2.